The van der Waals surface area contributed by atoms with Crippen LogP contribution in [0.2, 0.25) is 5.02 Å². The van der Waals surface area contributed by atoms with Gasteiger partial charge in [0.1, 0.15) is 5.57 Å². The molecule has 0 radical (unpaired) electrons. The number of nitrogens with one attached hydrogen (secondary N) is 1. The number of halogens is 1. The quantitative estimate of drug-likeness (QED) is 0.396. The summed E-state index contributed by atoms with van der Waals surface area (Å²) in [7, 11) is 0. The Labute approximate surface area is 137 Å². The molecule has 0 spiro atoms. The zero-order valence-electron chi connectivity index (χ0n) is 11.3. The molecule has 21 heavy (non-hydrogen) atoms. The van der Waals surface area contributed by atoms with Crippen LogP contribution in [0.15, 0.2) is 35.9 Å². The molecule has 1 aliphatic heterocycles. The van der Waals surface area contributed by atoms with Crippen LogP contribution in [0.1, 0.15) is 6.42 Å². The van der Waals surface area contributed by atoms with Crippen molar-refractivity contribution in [1.29, 1.82) is 0 Å². The first-order valence-electron chi connectivity index (χ1n) is 6.19. The second kappa shape index (κ2) is 7.06. The van der Waals surface area contributed by atoms with E-state index in [9.17, 15) is 9.59 Å². The number of benzene rings is 1. The molecule has 110 valence electrons. The van der Waals surface area contributed by atoms with E-state index in [0.717, 1.165) is 5.75 Å². The lowest BCUT2D eigenvalue weighted by atomic mass is 10.1. The number of amides is 2. The maximum Gasteiger partial charge on any atom is 0.269 e. The molecule has 0 saturated carbocycles. The first-order valence-corrected chi connectivity index (χ1v) is 8.37. The average Bonchev–Trinajstić information content (AvgIpc) is 2.44. The summed E-state index contributed by atoms with van der Waals surface area (Å²) in [4.78, 5) is 25.7. The molecule has 0 atom stereocenters. The third-order valence-electron chi connectivity index (χ3n) is 2.86. The van der Waals surface area contributed by atoms with E-state index in [1.807, 2.05) is 6.26 Å². The van der Waals surface area contributed by atoms with E-state index in [1.165, 1.54) is 4.90 Å². The van der Waals surface area contributed by atoms with Crippen molar-refractivity contribution < 1.29 is 9.59 Å². The highest BCUT2D eigenvalue weighted by molar-refractivity contribution is 7.98. The summed E-state index contributed by atoms with van der Waals surface area (Å²) in [5.74, 6) is -0.0152. The van der Waals surface area contributed by atoms with Crippen LogP contribution in [0.5, 0.6) is 0 Å². The van der Waals surface area contributed by atoms with Gasteiger partial charge in [0, 0.05) is 5.02 Å². The van der Waals surface area contributed by atoms with Crippen LogP contribution in [-0.4, -0.2) is 28.9 Å². The van der Waals surface area contributed by atoms with E-state index in [4.69, 9.17) is 23.8 Å². The Balaban J connectivity index is 2.30. The topological polar surface area (TPSA) is 49.4 Å². The molecule has 1 saturated heterocycles. The Kier molecular flexibility index (Phi) is 5.39. The first-order chi connectivity index (χ1) is 10.0. The fourth-order valence-corrected chi connectivity index (χ4v) is 2.62. The van der Waals surface area contributed by atoms with E-state index in [2.05, 4.69) is 5.32 Å². The molecular weight excluding hydrogens is 328 g/mol. The van der Waals surface area contributed by atoms with Crippen LogP contribution in [0.25, 0.3) is 0 Å². The highest BCUT2D eigenvalue weighted by Crippen LogP contribution is 2.22. The van der Waals surface area contributed by atoms with Crippen molar-refractivity contribution in [2.75, 3.05) is 16.9 Å². The Morgan fingerprint density at radius 1 is 1.33 bits per heavy atom. The zero-order chi connectivity index (χ0) is 15.4. The Bertz CT molecular complexity index is 614. The van der Waals surface area contributed by atoms with Gasteiger partial charge < -0.3 is 0 Å². The third-order valence-corrected chi connectivity index (χ3v) is 4.04. The largest absolute Gasteiger partial charge is 0.298 e. The Morgan fingerprint density at radius 2 is 2.00 bits per heavy atom. The maximum absolute atomic E-state index is 12.5. The second-order valence-corrected chi connectivity index (χ2v) is 6.08. The smallest absolute Gasteiger partial charge is 0.269 e. The maximum atomic E-state index is 12.5. The summed E-state index contributed by atoms with van der Waals surface area (Å²) < 4.78 is 0. The molecule has 1 aromatic rings. The molecule has 2 rings (SSSR count). The summed E-state index contributed by atoms with van der Waals surface area (Å²) in [6.45, 7) is 0. The normalized spacial score (nSPS) is 17.3. The number of hydrogen-bond acceptors (Lipinski definition) is 4. The van der Waals surface area contributed by atoms with E-state index in [1.54, 1.807) is 42.1 Å². The van der Waals surface area contributed by atoms with Crippen LogP contribution in [0.4, 0.5) is 5.69 Å². The standard InChI is InChI=1S/C14H13ClN2O2S2/c1-21-8-2-3-11-12(18)16-14(20)17(13(11)19)10-6-4-9(15)5-7-10/h3-7H,2,8H2,1H3,(H,16,18,20)/b11-3-. The fraction of sp³-hybridized carbons (Fsp3) is 0.214. The molecule has 7 heteroatoms. The molecule has 4 nitrogen and oxygen atoms in total. The van der Waals surface area contributed by atoms with Gasteiger partial charge in [0.2, 0.25) is 0 Å². The van der Waals surface area contributed by atoms with Crippen molar-refractivity contribution in [3.8, 4) is 0 Å². The van der Waals surface area contributed by atoms with Gasteiger partial charge in [-0.3, -0.25) is 19.8 Å². The minimum atomic E-state index is -0.448. The molecule has 2 amide bonds. The van der Waals surface area contributed by atoms with Crippen molar-refractivity contribution in [3.63, 3.8) is 0 Å². The van der Waals surface area contributed by atoms with E-state index in [0.29, 0.717) is 17.1 Å². The molecule has 1 aromatic carbocycles. The van der Waals surface area contributed by atoms with Crippen LogP contribution < -0.4 is 10.2 Å². The third kappa shape index (κ3) is 3.64. The number of carbonyl (C=O) groups is 2. The summed E-state index contributed by atoms with van der Waals surface area (Å²) in [6.07, 6.45) is 4.27. The number of thiocarbonyl (C=S) groups is 1. The van der Waals surface area contributed by atoms with Crippen LogP contribution in [0.3, 0.4) is 0 Å². The van der Waals surface area contributed by atoms with Gasteiger partial charge in [-0.25, -0.2) is 0 Å². The number of hydrogen-bond donors (Lipinski definition) is 1. The van der Waals surface area contributed by atoms with Crippen LogP contribution in [0, 0.1) is 0 Å². The molecule has 1 heterocycles. The number of carbonyl (C=O) groups excluding carboxylic acids is 2. The number of allylic oxidation sites excluding steroid dienone is 1. The van der Waals surface area contributed by atoms with E-state index >= 15 is 0 Å². The van der Waals surface area contributed by atoms with Gasteiger partial charge in [-0.15, -0.1) is 0 Å². The van der Waals surface area contributed by atoms with E-state index < -0.39 is 11.8 Å². The number of anilines is 1. The predicted octanol–water partition coefficient (Wildman–Crippen LogP) is 2.77. The number of rotatable bonds is 4. The molecule has 0 aliphatic carbocycles. The summed E-state index contributed by atoms with van der Waals surface area (Å²) in [5.41, 5.74) is 0.692. The Hall–Kier alpha value is -1.37. The number of thioether (sulfide) groups is 1. The van der Waals surface area contributed by atoms with Gasteiger partial charge in [-0.05, 0) is 54.9 Å². The summed E-state index contributed by atoms with van der Waals surface area (Å²) >= 11 is 12.6. The molecule has 0 bridgehead atoms. The van der Waals surface area contributed by atoms with Gasteiger partial charge in [-0.2, -0.15) is 11.8 Å². The lowest BCUT2D eigenvalue weighted by Crippen LogP contribution is -2.54. The molecule has 0 unspecified atom stereocenters. The predicted molar refractivity (Wildman–Crippen MR) is 90.8 cm³/mol. The highest BCUT2D eigenvalue weighted by atomic mass is 35.5. The molecule has 1 fully saturated rings. The van der Waals surface area contributed by atoms with Crippen molar-refractivity contribution >= 4 is 58.2 Å². The molecule has 0 aromatic heterocycles. The van der Waals surface area contributed by atoms with Gasteiger partial charge in [0.15, 0.2) is 5.11 Å². The minimum absolute atomic E-state index is 0.0781. The summed E-state index contributed by atoms with van der Waals surface area (Å²) in [6, 6.07) is 6.70. The summed E-state index contributed by atoms with van der Waals surface area (Å²) in [5, 5.41) is 3.18. The van der Waals surface area contributed by atoms with Gasteiger partial charge in [0.25, 0.3) is 11.8 Å². The lowest BCUT2D eigenvalue weighted by molar-refractivity contribution is -0.122. The SMILES string of the molecule is CSCC/C=C1/C(=O)NC(=S)N(c2ccc(Cl)cc2)C1=O. The monoisotopic (exact) mass is 340 g/mol. The first kappa shape index (κ1) is 16.0. The second-order valence-electron chi connectivity index (χ2n) is 4.28. The number of nitrogens with zero attached hydrogens (tertiary/aromatic N) is 1. The Morgan fingerprint density at radius 3 is 2.62 bits per heavy atom. The minimum Gasteiger partial charge on any atom is -0.298 e. The van der Waals surface area contributed by atoms with Crippen LogP contribution in [-0.2, 0) is 9.59 Å². The van der Waals surface area contributed by atoms with Crippen molar-refractivity contribution in [3.05, 3.63) is 40.9 Å². The van der Waals surface area contributed by atoms with Gasteiger partial charge in [-0.1, -0.05) is 17.7 Å². The molecule has 1 N–H and O–H groups in total. The van der Waals surface area contributed by atoms with E-state index in [-0.39, 0.29) is 10.7 Å². The van der Waals surface area contributed by atoms with Gasteiger partial charge in [0.05, 0.1) is 5.69 Å². The highest BCUT2D eigenvalue weighted by Gasteiger charge is 2.34. The van der Waals surface area contributed by atoms with Gasteiger partial charge >= 0.3 is 0 Å². The lowest BCUT2D eigenvalue weighted by Gasteiger charge is -2.28. The molecular formula is C14H13ClN2O2S2. The zero-order valence-corrected chi connectivity index (χ0v) is 13.6. The van der Waals surface area contributed by atoms with Crippen molar-refractivity contribution in [2.24, 2.45) is 0 Å². The average molecular weight is 341 g/mol. The van der Waals surface area contributed by atoms with Crippen molar-refractivity contribution in [2.45, 2.75) is 6.42 Å². The fourth-order valence-electron chi connectivity index (χ4n) is 1.86. The van der Waals surface area contributed by atoms with Crippen LogP contribution >= 0.6 is 35.6 Å². The molecule has 1 aliphatic rings. The van der Waals surface area contributed by atoms with Crippen molar-refractivity contribution in [1.82, 2.24) is 5.32 Å².